The van der Waals surface area contributed by atoms with Gasteiger partial charge in [0.2, 0.25) is 0 Å². The van der Waals surface area contributed by atoms with Gasteiger partial charge in [0.05, 0.1) is 0 Å². The SMILES string of the molecule is CC1=CC(=Cc2ccccc2O)C(N)C=C1. The zero-order valence-corrected chi connectivity index (χ0v) is 9.22. The van der Waals surface area contributed by atoms with Gasteiger partial charge in [0.15, 0.2) is 0 Å². The summed E-state index contributed by atoms with van der Waals surface area (Å²) < 4.78 is 0. The number of phenols is 1. The highest BCUT2D eigenvalue weighted by Gasteiger charge is 2.08. The molecule has 2 rings (SSSR count). The number of allylic oxidation sites excluding steroid dienone is 2. The predicted octanol–water partition coefficient (Wildman–Crippen LogP) is 2.62. The molecule has 82 valence electrons. The van der Waals surface area contributed by atoms with Crippen molar-refractivity contribution >= 4 is 6.08 Å². The number of para-hydroxylation sites is 1. The molecule has 0 spiro atoms. The van der Waals surface area contributed by atoms with Crippen molar-refractivity contribution in [2.45, 2.75) is 13.0 Å². The van der Waals surface area contributed by atoms with Crippen molar-refractivity contribution in [1.82, 2.24) is 0 Å². The van der Waals surface area contributed by atoms with Crippen molar-refractivity contribution in [2.75, 3.05) is 0 Å². The van der Waals surface area contributed by atoms with Gasteiger partial charge in [-0.15, -0.1) is 0 Å². The van der Waals surface area contributed by atoms with E-state index in [9.17, 15) is 5.11 Å². The molecule has 0 amide bonds. The Morgan fingerprint density at radius 2 is 2.06 bits per heavy atom. The van der Waals surface area contributed by atoms with E-state index in [1.54, 1.807) is 12.1 Å². The van der Waals surface area contributed by atoms with Crippen LogP contribution in [0.5, 0.6) is 5.75 Å². The summed E-state index contributed by atoms with van der Waals surface area (Å²) in [4.78, 5) is 0. The third-order valence-corrected chi connectivity index (χ3v) is 2.60. The van der Waals surface area contributed by atoms with E-state index >= 15 is 0 Å². The monoisotopic (exact) mass is 213 g/mol. The highest BCUT2D eigenvalue weighted by Crippen LogP contribution is 2.23. The van der Waals surface area contributed by atoms with Crippen molar-refractivity contribution in [2.24, 2.45) is 5.73 Å². The van der Waals surface area contributed by atoms with E-state index in [4.69, 9.17) is 5.73 Å². The average Bonchev–Trinajstić information content (AvgIpc) is 2.27. The van der Waals surface area contributed by atoms with Gasteiger partial charge < -0.3 is 10.8 Å². The van der Waals surface area contributed by atoms with Gasteiger partial charge in [-0.05, 0) is 24.6 Å². The lowest BCUT2D eigenvalue weighted by Gasteiger charge is -2.14. The van der Waals surface area contributed by atoms with Crippen LogP contribution in [-0.4, -0.2) is 11.1 Å². The third kappa shape index (κ3) is 2.23. The molecule has 1 atom stereocenters. The molecule has 1 aromatic carbocycles. The molecule has 1 aliphatic carbocycles. The minimum absolute atomic E-state index is 0.0942. The first kappa shape index (κ1) is 10.7. The van der Waals surface area contributed by atoms with Crippen molar-refractivity contribution in [3.63, 3.8) is 0 Å². The largest absolute Gasteiger partial charge is 0.507 e. The first-order valence-electron chi connectivity index (χ1n) is 5.28. The molecule has 0 heterocycles. The van der Waals surface area contributed by atoms with Gasteiger partial charge >= 0.3 is 0 Å². The van der Waals surface area contributed by atoms with Crippen LogP contribution in [0, 0.1) is 0 Å². The van der Waals surface area contributed by atoms with E-state index in [1.165, 1.54) is 5.57 Å². The average molecular weight is 213 g/mol. The third-order valence-electron chi connectivity index (χ3n) is 2.60. The first-order valence-corrected chi connectivity index (χ1v) is 5.28. The molecular weight excluding hydrogens is 198 g/mol. The lowest BCUT2D eigenvalue weighted by molar-refractivity contribution is 0.474. The number of hydrogen-bond donors (Lipinski definition) is 2. The highest BCUT2D eigenvalue weighted by atomic mass is 16.3. The van der Waals surface area contributed by atoms with E-state index in [1.807, 2.05) is 43.4 Å². The van der Waals surface area contributed by atoms with Crippen molar-refractivity contribution < 1.29 is 5.11 Å². The summed E-state index contributed by atoms with van der Waals surface area (Å²) in [5, 5.41) is 9.67. The van der Waals surface area contributed by atoms with Gasteiger partial charge in [-0.2, -0.15) is 0 Å². The number of phenolic OH excluding ortho intramolecular Hbond substituents is 1. The number of benzene rings is 1. The predicted molar refractivity (Wildman–Crippen MR) is 67.0 cm³/mol. The quantitative estimate of drug-likeness (QED) is 0.753. The Kier molecular flexibility index (Phi) is 2.93. The van der Waals surface area contributed by atoms with Crippen LogP contribution in [0.25, 0.3) is 6.08 Å². The van der Waals surface area contributed by atoms with Gasteiger partial charge in [-0.25, -0.2) is 0 Å². The summed E-state index contributed by atoms with van der Waals surface area (Å²) in [7, 11) is 0. The van der Waals surface area contributed by atoms with Crippen LogP contribution in [0.4, 0.5) is 0 Å². The minimum atomic E-state index is -0.0942. The molecule has 0 aliphatic heterocycles. The Morgan fingerprint density at radius 1 is 1.31 bits per heavy atom. The summed E-state index contributed by atoms with van der Waals surface area (Å²) in [6, 6.07) is 7.15. The van der Waals surface area contributed by atoms with Gasteiger partial charge in [-0.1, -0.05) is 42.0 Å². The van der Waals surface area contributed by atoms with E-state index in [-0.39, 0.29) is 11.8 Å². The topological polar surface area (TPSA) is 46.2 Å². The molecule has 1 unspecified atom stereocenters. The summed E-state index contributed by atoms with van der Waals surface area (Å²) in [6.45, 7) is 2.03. The molecule has 0 radical (unpaired) electrons. The van der Waals surface area contributed by atoms with Crippen LogP contribution in [-0.2, 0) is 0 Å². The summed E-state index contributed by atoms with van der Waals surface area (Å²) >= 11 is 0. The molecule has 3 N–H and O–H groups in total. The Labute approximate surface area is 95.4 Å². The van der Waals surface area contributed by atoms with Gasteiger partial charge in [0.1, 0.15) is 5.75 Å². The molecule has 0 saturated carbocycles. The zero-order chi connectivity index (χ0) is 11.5. The van der Waals surface area contributed by atoms with E-state index in [2.05, 4.69) is 0 Å². The molecule has 2 heteroatoms. The van der Waals surface area contributed by atoms with E-state index in [0.717, 1.165) is 11.1 Å². The molecule has 2 nitrogen and oxygen atoms in total. The van der Waals surface area contributed by atoms with Crippen molar-refractivity contribution in [1.29, 1.82) is 0 Å². The number of hydrogen-bond acceptors (Lipinski definition) is 2. The Bertz CT molecular complexity index is 483. The van der Waals surface area contributed by atoms with Gasteiger partial charge in [-0.3, -0.25) is 0 Å². The maximum absolute atomic E-state index is 9.67. The Balaban J connectivity index is 2.38. The second-order valence-electron chi connectivity index (χ2n) is 3.98. The lowest BCUT2D eigenvalue weighted by Crippen LogP contribution is -2.20. The molecule has 0 bridgehead atoms. The van der Waals surface area contributed by atoms with Crippen LogP contribution in [0.15, 0.2) is 53.6 Å². The number of aromatic hydroxyl groups is 1. The fourth-order valence-electron chi connectivity index (χ4n) is 1.70. The fraction of sp³-hybridized carbons (Fsp3) is 0.143. The van der Waals surface area contributed by atoms with Crippen molar-refractivity contribution in [3.8, 4) is 5.75 Å². The maximum Gasteiger partial charge on any atom is 0.122 e. The minimum Gasteiger partial charge on any atom is -0.507 e. The maximum atomic E-state index is 9.67. The lowest BCUT2D eigenvalue weighted by atomic mass is 9.96. The zero-order valence-electron chi connectivity index (χ0n) is 9.22. The van der Waals surface area contributed by atoms with Gasteiger partial charge in [0, 0.05) is 11.6 Å². The van der Waals surface area contributed by atoms with Crippen LogP contribution < -0.4 is 5.73 Å². The van der Waals surface area contributed by atoms with Crippen LogP contribution >= 0.6 is 0 Å². The highest BCUT2D eigenvalue weighted by molar-refractivity contribution is 5.64. The van der Waals surface area contributed by atoms with E-state index in [0.29, 0.717) is 0 Å². The summed E-state index contributed by atoms with van der Waals surface area (Å²) in [5.74, 6) is 0.280. The Morgan fingerprint density at radius 3 is 2.81 bits per heavy atom. The van der Waals surface area contributed by atoms with Crippen LogP contribution in [0.3, 0.4) is 0 Å². The molecule has 1 aliphatic rings. The second kappa shape index (κ2) is 4.37. The van der Waals surface area contributed by atoms with Gasteiger partial charge in [0.25, 0.3) is 0 Å². The fourth-order valence-corrected chi connectivity index (χ4v) is 1.70. The first-order chi connectivity index (χ1) is 7.66. The van der Waals surface area contributed by atoms with Crippen LogP contribution in [0.1, 0.15) is 12.5 Å². The normalized spacial score (nSPS) is 22.2. The summed E-state index contributed by atoms with van der Waals surface area (Å²) in [6.07, 6.45) is 7.93. The smallest absolute Gasteiger partial charge is 0.122 e. The number of rotatable bonds is 1. The number of nitrogens with two attached hydrogens (primary N) is 1. The molecule has 0 saturated heterocycles. The molecule has 0 fully saturated rings. The molecular formula is C14H15NO. The Hall–Kier alpha value is -1.80. The molecule has 16 heavy (non-hydrogen) atoms. The standard InChI is InChI=1S/C14H15NO/c1-10-6-7-13(15)12(8-10)9-11-4-2-3-5-14(11)16/h2-9,13,16H,15H2,1H3. The van der Waals surface area contributed by atoms with Crippen molar-refractivity contribution in [3.05, 3.63) is 59.2 Å². The molecule has 0 aromatic heterocycles. The molecule has 1 aromatic rings. The van der Waals surface area contributed by atoms with E-state index < -0.39 is 0 Å². The summed E-state index contributed by atoms with van der Waals surface area (Å²) in [5.41, 5.74) is 8.94. The second-order valence-corrected chi connectivity index (χ2v) is 3.98. The van der Waals surface area contributed by atoms with Crippen LogP contribution in [0.2, 0.25) is 0 Å².